The Kier molecular flexibility index (Phi) is 7.29. The number of ether oxygens (including phenoxy) is 1. The van der Waals surface area contributed by atoms with E-state index >= 15 is 0 Å². The molecular formula is C15H31N3O4S. The summed E-state index contributed by atoms with van der Waals surface area (Å²) in [6, 6.07) is 0.294. The second-order valence-corrected chi connectivity index (χ2v) is 9.56. The van der Waals surface area contributed by atoms with Crippen LogP contribution in [0, 0.1) is 0 Å². The Bertz CT molecular complexity index is 485. The van der Waals surface area contributed by atoms with E-state index in [1.807, 2.05) is 20.8 Å². The Morgan fingerprint density at radius 2 is 1.83 bits per heavy atom. The average molecular weight is 349 g/mol. The molecule has 8 heteroatoms. The molecule has 7 nitrogen and oxygen atoms in total. The molecule has 1 fully saturated rings. The van der Waals surface area contributed by atoms with Gasteiger partial charge >= 0.3 is 6.09 Å². The zero-order valence-electron chi connectivity index (χ0n) is 14.9. The van der Waals surface area contributed by atoms with Gasteiger partial charge < -0.3 is 15.4 Å². The largest absolute Gasteiger partial charge is 0.444 e. The van der Waals surface area contributed by atoms with Gasteiger partial charge in [-0.05, 0) is 46.5 Å². The number of nitrogens with one attached hydrogen (secondary N) is 2. The monoisotopic (exact) mass is 349 g/mol. The number of rotatable bonds is 6. The first kappa shape index (κ1) is 20.2. The van der Waals surface area contributed by atoms with Gasteiger partial charge in [0.15, 0.2) is 0 Å². The lowest BCUT2D eigenvalue weighted by Gasteiger charge is -2.31. The van der Waals surface area contributed by atoms with Crippen molar-refractivity contribution in [2.45, 2.75) is 64.1 Å². The molecule has 1 saturated carbocycles. The van der Waals surface area contributed by atoms with E-state index in [4.69, 9.17) is 4.74 Å². The van der Waals surface area contributed by atoms with E-state index in [0.717, 1.165) is 25.7 Å². The van der Waals surface area contributed by atoms with E-state index in [2.05, 4.69) is 10.6 Å². The standard InChI is InChI=1S/C15H31N3O4S/c1-15(2,3)22-14(19)17-13-8-6-7-12(11-13)16-9-10-23(20,21)18(4)5/h12-13,16H,6-11H2,1-5H3,(H,17,19). The Labute approximate surface area is 140 Å². The molecule has 1 aliphatic rings. The molecule has 0 bridgehead atoms. The SMILES string of the molecule is CN(C)S(=O)(=O)CCNC1CCCC(NC(=O)OC(C)(C)C)C1. The van der Waals surface area contributed by atoms with Crippen molar-refractivity contribution in [2.75, 3.05) is 26.4 Å². The van der Waals surface area contributed by atoms with Gasteiger partial charge in [-0.3, -0.25) is 0 Å². The Balaban J connectivity index is 2.36. The summed E-state index contributed by atoms with van der Waals surface area (Å²) >= 11 is 0. The van der Waals surface area contributed by atoms with Crippen LogP contribution in [-0.2, 0) is 14.8 Å². The predicted octanol–water partition coefficient (Wildman–Crippen LogP) is 1.30. The molecule has 1 rings (SSSR count). The summed E-state index contributed by atoms with van der Waals surface area (Å²) in [5.74, 6) is 0.0840. The molecule has 0 spiro atoms. The summed E-state index contributed by atoms with van der Waals surface area (Å²) in [4.78, 5) is 11.8. The Morgan fingerprint density at radius 3 is 2.39 bits per heavy atom. The number of hydrogen-bond donors (Lipinski definition) is 2. The van der Waals surface area contributed by atoms with Crippen LogP contribution in [-0.4, -0.2) is 62.9 Å². The average Bonchev–Trinajstić information content (AvgIpc) is 2.36. The van der Waals surface area contributed by atoms with Crippen molar-refractivity contribution in [3.8, 4) is 0 Å². The van der Waals surface area contributed by atoms with Crippen LogP contribution < -0.4 is 10.6 Å². The van der Waals surface area contributed by atoms with E-state index in [-0.39, 0.29) is 17.8 Å². The quantitative estimate of drug-likeness (QED) is 0.755. The van der Waals surface area contributed by atoms with Gasteiger partial charge in [0.25, 0.3) is 0 Å². The summed E-state index contributed by atoms with van der Waals surface area (Å²) in [6.45, 7) is 5.93. The summed E-state index contributed by atoms with van der Waals surface area (Å²) in [7, 11) is -0.0939. The van der Waals surface area contributed by atoms with Crippen LogP contribution >= 0.6 is 0 Å². The summed E-state index contributed by atoms with van der Waals surface area (Å²) < 4.78 is 30.0. The normalized spacial score (nSPS) is 22.9. The van der Waals surface area contributed by atoms with Gasteiger partial charge in [-0.1, -0.05) is 0 Å². The third-order valence-corrected chi connectivity index (χ3v) is 5.58. The van der Waals surface area contributed by atoms with Crippen LogP contribution in [0.4, 0.5) is 4.79 Å². The maximum Gasteiger partial charge on any atom is 0.407 e. The molecule has 23 heavy (non-hydrogen) atoms. The lowest BCUT2D eigenvalue weighted by molar-refractivity contribution is 0.0489. The van der Waals surface area contributed by atoms with Crippen molar-refractivity contribution in [3.05, 3.63) is 0 Å². The van der Waals surface area contributed by atoms with E-state index in [1.54, 1.807) is 0 Å². The van der Waals surface area contributed by atoms with Crippen molar-refractivity contribution < 1.29 is 17.9 Å². The highest BCUT2D eigenvalue weighted by Gasteiger charge is 2.25. The van der Waals surface area contributed by atoms with Gasteiger partial charge in [-0.25, -0.2) is 17.5 Å². The van der Waals surface area contributed by atoms with Crippen molar-refractivity contribution >= 4 is 16.1 Å². The maximum absolute atomic E-state index is 11.8. The third kappa shape index (κ3) is 7.99. The van der Waals surface area contributed by atoms with E-state index in [1.165, 1.54) is 18.4 Å². The van der Waals surface area contributed by atoms with Crippen molar-refractivity contribution in [1.82, 2.24) is 14.9 Å². The molecule has 0 radical (unpaired) electrons. The van der Waals surface area contributed by atoms with E-state index in [9.17, 15) is 13.2 Å². The fraction of sp³-hybridized carbons (Fsp3) is 0.933. The minimum Gasteiger partial charge on any atom is -0.444 e. The molecule has 2 unspecified atom stereocenters. The predicted molar refractivity (Wildman–Crippen MR) is 90.9 cm³/mol. The number of carbonyl (C=O) groups excluding carboxylic acids is 1. The second-order valence-electron chi connectivity index (χ2n) is 7.26. The second kappa shape index (κ2) is 8.30. The lowest BCUT2D eigenvalue weighted by Crippen LogP contribution is -2.46. The molecule has 0 aromatic heterocycles. The molecule has 1 amide bonds. The minimum atomic E-state index is -3.17. The molecule has 0 heterocycles. The highest BCUT2D eigenvalue weighted by atomic mass is 32.2. The van der Waals surface area contributed by atoms with Gasteiger partial charge in [0, 0.05) is 32.7 Å². The summed E-state index contributed by atoms with van der Waals surface area (Å²) in [5, 5.41) is 6.19. The topological polar surface area (TPSA) is 87.7 Å². The third-order valence-electron chi connectivity index (χ3n) is 3.74. The number of alkyl carbamates (subject to hydrolysis) is 1. The molecule has 136 valence electrons. The molecule has 0 saturated heterocycles. The number of nitrogens with zero attached hydrogens (tertiary/aromatic N) is 1. The van der Waals surface area contributed by atoms with Crippen LogP contribution in [0.5, 0.6) is 0 Å². The van der Waals surface area contributed by atoms with Crippen LogP contribution in [0.2, 0.25) is 0 Å². The first-order valence-corrected chi connectivity index (χ1v) is 9.73. The van der Waals surface area contributed by atoms with Gasteiger partial charge in [-0.15, -0.1) is 0 Å². The lowest BCUT2D eigenvalue weighted by atomic mass is 9.91. The van der Waals surface area contributed by atoms with Crippen LogP contribution in [0.25, 0.3) is 0 Å². The number of hydrogen-bond acceptors (Lipinski definition) is 5. The van der Waals surface area contributed by atoms with Gasteiger partial charge in [0.05, 0.1) is 5.75 Å². The molecular weight excluding hydrogens is 318 g/mol. The zero-order chi connectivity index (χ0) is 17.7. The first-order valence-electron chi connectivity index (χ1n) is 8.13. The molecule has 1 aliphatic carbocycles. The highest BCUT2D eigenvalue weighted by molar-refractivity contribution is 7.89. The number of carbonyl (C=O) groups is 1. The molecule has 0 aromatic carbocycles. The fourth-order valence-corrected chi connectivity index (χ4v) is 3.30. The van der Waals surface area contributed by atoms with Crippen molar-refractivity contribution in [1.29, 1.82) is 0 Å². The molecule has 2 atom stereocenters. The first-order chi connectivity index (χ1) is 10.5. The van der Waals surface area contributed by atoms with E-state index in [0.29, 0.717) is 6.54 Å². The van der Waals surface area contributed by atoms with Gasteiger partial charge in [-0.2, -0.15) is 0 Å². The fourth-order valence-electron chi connectivity index (χ4n) is 2.56. The summed E-state index contributed by atoms with van der Waals surface area (Å²) in [6.07, 6.45) is 3.32. The van der Waals surface area contributed by atoms with Crippen molar-refractivity contribution in [2.24, 2.45) is 0 Å². The Hall–Kier alpha value is -0.860. The summed E-state index contributed by atoms with van der Waals surface area (Å²) in [5.41, 5.74) is -0.503. The maximum atomic E-state index is 11.8. The smallest absolute Gasteiger partial charge is 0.407 e. The van der Waals surface area contributed by atoms with Crippen LogP contribution in [0.15, 0.2) is 0 Å². The zero-order valence-corrected chi connectivity index (χ0v) is 15.7. The Morgan fingerprint density at radius 1 is 1.22 bits per heavy atom. The van der Waals surface area contributed by atoms with Crippen LogP contribution in [0.3, 0.4) is 0 Å². The van der Waals surface area contributed by atoms with Gasteiger partial charge in [0.2, 0.25) is 10.0 Å². The van der Waals surface area contributed by atoms with Crippen molar-refractivity contribution in [3.63, 3.8) is 0 Å². The highest BCUT2D eigenvalue weighted by Crippen LogP contribution is 2.19. The minimum absolute atomic E-state index is 0.0709. The number of sulfonamides is 1. The number of amides is 1. The molecule has 0 aromatic rings. The van der Waals surface area contributed by atoms with Gasteiger partial charge in [0.1, 0.15) is 5.60 Å². The van der Waals surface area contributed by atoms with E-state index < -0.39 is 21.7 Å². The molecule has 2 N–H and O–H groups in total. The molecule has 0 aliphatic heterocycles. The van der Waals surface area contributed by atoms with Crippen LogP contribution in [0.1, 0.15) is 46.5 Å².